The van der Waals surface area contributed by atoms with E-state index in [2.05, 4.69) is 26.0 Å². The maximum absolute atomic E-state index is 5.37. The number of fused-ring (bicyclic) bond motifs is 1. The van der Waals surface area contributed by atoms with Crippen molar-refractivity contribution >= 4 is 20.7 Å². The van der Waals surface area contributed by atoms with Gasteiger partial charge in [-0.3, -0.25) is 0 Å². The SMILES string of the molecule is CC1=CC2=C(C)CCCC2=[C-]1.C[CH]=[Zr]([Cl])[Cl]. The molecule has 0 fully saturated rings. The minimum atomic E-state index is -1.76. The van der Waals surface area contributed by atoms with Crippen LogP contribution in [0.25, 0.3) is 0 Å². The summed E-state index contributed by atoms with van der Waals surface area (Å²) in [5, 5.41) is 0. The second-order valence-electron chi connectivity index (χ2n) is 4.06. The molecule has 0 aliphatic heterocycles. The van der Waals surface area contributed by atoms with Gasteiger partial charge in [-0.2, -0.15) is 22.8 Å². The first-order valence-corrected chi connectivity index (χ1v) is 13.3. The van der Waals surface area contributed by atoms with E-state index >= 15 is 0 Å². The van der Waals surface area contributed by atoms with Gasteiger partial charge in [-0.1, -0.05) is 20.3 Å². The summed E-state index contributed by atoms with van der Waals surface area (Å²) in [7, 11) is 10.7. The Morgan fingerprint density at radius 1 is 1.31 bits per heavy atom. The minimum absolute atomic E-state index is 1.24. The summed E-state index contributed by atoms with van der Waals surface area (Å²) >= 11 is -1.76. The summed E-state index contributed by atoms with van der Waals surface area (Å²) in [5.74, 6) is 0. The third-order valence-corrected chi connectivity index (χ3v) is 6.35. The predicted octanol–water partition coefficient (Wildman–Crippen LogP) is 4.91. The van der Waals surface area contributed by atoms with Crippen LogP contribution in [-0.4, -0.2) is 3.71 Å². The maximum atomic E-state index is 5.37. The van der Waals surface area contributed by atoms with E-state index < -0.39 is 18.9 Å². The van der Waals surface area contributed by atoms with Crippen molar-refractivity contribution in [3.05, 3.63) is 34.4 Å². The monoisotopic (exact) mass is 333 g/mol. The van der Waals surface area contributed by atoms with Gasteiger partial charge < -0.3 is 0 Å². The van der Waals surface area contributed by atoms with Crippen LogP contribution in [0.1, 0.15) is 40.0 Å². The summed E-state index contributed by atoms with van der Waals surface area (Å²) in [6, 6.07) is 0. The van der Waals surface area contributed by atoms with Crippen LogP contribution in [0.3, 0.4) is 0 Å². The Morgan fingerprint density at radius 3 is 2.44 bits per heavy atom. The molecule has 0 aromatic rings. The fourth-order valence-electron chi connectivity index (χ4n) is 1.89. The molecule has 0 heterocycles. The first kappa shape index (κ1) is 14.6. The predicted molar refractivity (Wildman–Crippen MR) is 70.5 cm³/mol. The molecule has 0 aromatic carbocycles. The van der Waals surface area contributed by atoms with E-state index in [0.717, 1.165) is 0 Å². The molecular formula is C13H17Cl2Zr-. The third-order valence-electron chi connectivity index (χ3n) is 2.69. The van der Waals surface area contributed by atoms with E-state index in [0.29, 0.717) is 0 Å². The average Bonchev–Trinajstić information content (AvgIpc) is 2.61. The Kier molecular flexibility index (Phi) is 6.48. The summed E-state index contributed by atoms with van der Waals surface area (Å²) in [4.78, 5) is 0. The topological polar surface area (TPSA) is 0 Å². The molecule has 0 bridgehead atoms. The molecule has 2 aliphatic rings. The molecule has 0 aromatic heterocycles. The van der Waals surface area contributed by atoms with Crippen molar-refractivity contribution in [3.63, 3.8) is 0 Å². The van der Waals surface area contributed by atoms with Crippen molar-refractivity contribution in [2.75, 3.05) is 0 Å². The van der Waals surface area contributed by atoms with Gasteiger partial charge >= 0.3 is 46.5 Å². The van der Waals surface area contributed by atoms with E-state index in [9.17, 15) is 0 Å². The molecule has 0 nitrogen and oxygen atoms in total. The molecule has 2 aliphatic carbocycles. The Hall–Kier alpha value is 0.553. The van der Waals surface area contributed by atoms with Crippen molar-refractivity contribution in [3.8, 4) is 0 Å². The van der Waals surface area contributed by atoms with Crippen molar-refractivity contribution in [1.82, 2.24) is 0 Å². The number of halogens is 2. The van der Waals surface area contributed by atoms with Gasteiger partial charge in [-0.05, 0) is 12.8 Å². The molecule has 0 unspecified atom stereocenters. The fraction of sp³-hybridized carbons (Fsp3) is 0.462. The van der Waals surface area contributed by atoms with Crippen LogP contribution in [0.15, 0.2) is 28.4 Å². The van der Waals surface area contributed by atoms with Crippen LogP contribution >= 0.6 is 17.0 Å². The van der Waals surface area contributed by atoms with Gasteiger partial charge in [0, 0.05) is 0 Å². The van der Waals surface area contributed by atoms with Gasteiger partial charge in [-0.15, -0.1) is 5.57 Å². The molecule has 0 spiro atoms. The van der Waals surface area contributed by atoms with Crippen LogP contribution in [-0.2, 0) is 18.9 Å². The van der Waals surface area contributed by atoms with E-state index in [1.54, 1.807) is 5.57 Å². The van der Waals surface area contributed by atoms with E-state index in [-0.39, 0.29) is 0 Å². The van der Waals surface area contributed by atoms with Crippen molar-refractivity contribution in [2.45, 2.75) is 40.0 Å². The second-order valence-corrected chi connectivity index (χ2v) is 12.9. The number of allylic oxidation sites excluding steroid dienone is 6. The zero-order valence-corrected chi connectivity index (χ0v) is 14.0. The van der Waals surface area contributed by atoms with Gasteiger partial charge in [0.05, 0.1) is 0 Å². The van der Waals surface area contributed by atoms with Gasteiger partial charge in [0.2, 0.25) is 0 Å². The second kappa shape index (κ2) is 7.09. The molecule has 0 radical (unpaired) electrons. The average molecular weight is 335 g/mol. The molecule has 0 atom stereocenters. The van der Waals surface area contributed by atoms with Crippen LogP contribution in [0.5, 0.6) is 0 Å². The van der Waals surface area contributed by atoms with Crippen LogP contribution < -0.4 is 0 Å². The zero-order chi connectivity index (χ0) is 12.1. The molecule has 0 saturated heterocycles. The van der Waals surface area contributed by atoms with E-state index in [1.165, 1.54) is 36.0 Å². The van der Waals surface area contributed by atoms with Gasteiger partial charge in [-0.25, -0.2) is 6.08 Å². The van der Waals surface area contributed by atoms with Crippen molar-refractivity contribution in [2.24, 2.45) is 0 Å². The molecule has 3 heteroatoms. The third kappa shape index (κ3) is 4.43. The Balaban J connectivity index is 0.000000221. The van der Waals surface area contributed by atoms with E-state index in [1.807, 2.05) is 10.6 Å². The molecular weight excluding hydrogens is 318 g/mol. The summed E-state index contributed by atoms with van der Waals surface area (Å²) in [6.45, 7) is 6.27. The molecule has 0 amide bonds. The van der Waals surface area contributed by atoms with Gasteiger partial charge in [0.1, 0.15) is 0 Å². The number of hydrogen-bond acceptors (Lipinski definition) is 0. The summed E-state index contributed by atoms with van der Waals surface area (Å²) in [5.41, 5.74) is 5.78. The van der Waals surface area contributed by atoms with Crippen LogP contribution in [0.2, 0.25) is 0 Å². The number of hydrogen-bond donors (Lipinski definition) is 0. The molecule has 2 rings (SSSR count). The Morgan fingerprint density at radius 2 is 1.94 bits per heavy atom. The Bertz CT molecular complexity index is 383. The first-order chi connectivity index (χ1) is 7.54. The quantitative estimate of drug-likeness (QED) is 0.552. The summed E-state index contributed by atoms with van der Waals surface area (Å²) < 4.78 is 1.89. The molecule has 0 saturated carbocycles. The van der Waals surface area contributed by atoms with Crippen LogP contribution in [0, 0.1) is 6.08 Å². The summed E-state index contributed by atoms with van der Waals surface area (Å²) in [6.07, 6.45) is 9.51. The molecule has 88 valence electrons. The standard InChI is InChI=1S/C11H13.C2H4.2ClH.Zr/c1-8-6-10-5-3-4-9(2)11(10)7-8;1-2;;;/h7H,3-5H2,1-2H3;1H,2H3;2*1H;/q-1;;;;+2/p-2. The zero-order valence-electron chi connectivity index (χ0n) is 10.0. The number of rotatable bonds is 0. The Labute approximate surface area is 113 Å². The van der Waals surface area contributed by atoms with Gasteiger partial charge in [0.15, 0.2) is 0 Å². The van der Waals surface area contributed by atoms with Crippen molar-refractivity contribution in [1.29, 1.82) is 0 Å². The first-order valence-electron chi connectivity index (χ1n) is 5.53. The van der Waals surface area contributed by atoms with Gasteiger partial charge in [0.25, 0.3) is 0 Å². The fourth-order valence-corrected chi connectivity index (χ4v) is 1.89. The molecule has 16 heavy (non-hydrogen) atoms. The van der Waals surface area contributed by atoms with Crippen molar-refractivity contribution < 1.29 is 18.9 Å². The normalized spacial score (nSPS) is 18.1. The van der Waals surface area contributed by atoms with E-state index in [4.69, 9.17) is 17.0 Å². The van der Waals surface area contributed by atoms with Crippen LogP contribution in [0.4, 0.5) is 0 Å². The molecule has 0 N–H and O–H groups in total.